The molecule has 5 rings (SSSR count). The van der Waals surface area contributed by atoms with Gasteiger partial charge in [0.25, 0.3) is 15.9 Å². The van der Waals surface area contributed by atoms with E-state index in [1.807, 2.05) is 4.90 Å². The van der Waals surface area contributed by atoms with Crippen LogP contribution >= 0.6 is 22.9 Å². The zero-order valence-corrected chi connectivity index (χ0v) is 21.9. The van der Waals surface area contributed by atoms with Gasteiger partial charge in [-0.05, 0) is 55.0 Å². The molecule has 1 N–H and O–H groups in total. The van der Waals surface area contributed by atoms with E-state index in [4.69, 9.17) is 17.0 Å². The Kier molecular flexibility index (Phi) is 7.04. The van der Waals surface area contributed by atoms with Gasteiger partial charge in [0.2, 0.25) is 0 Å². The van der Waals surface area contributed by atoms with E-state index in [0.717, 1.165) is 42.4 Å². The average molecular weight is 549 g/mol. The fourth-order valence-electron chi connectivity index (χ4n) is 4.67. The van der Waals surface area contributed by atoms with Gasteiger partial charge in [-0.15, -0.1) is 11.3 Å². The van der Waals surface area contributed by atoms with Crippen molar-refractivity contribution >= 4 is 54.8 Å². The molecule has 2 aliphatic heterocycles. The van der Waals surface area contributed by atoms with Crippen LogP contribution in [0.5, 0.6) is 0 Å². The van der Waals surface area contributed by atoms with Crippen LogP contribution in [-0.2, 0) is 10.0 Å². The molecule has 0 spiro atoms. The lowest BCUT2D eigenvalue weighted by atomic mass is 10.1. The Balaban J connectivity index is 1.25. The van der Waals surface area contributed by atoms with E-state index in [1.165, 1.54) is 32.7 Å². The van der Waals surface area contributed by atoms with Gasteiger partial charge in [-0.3, -0.25) is 10.2 Å². The molecule has 1 amide bonds. The number of piperazine rings is 1. The molecule has 0 bridgehead atoms. The highest BCUT2D eigenvalue weighted by atomic mass is 35.5. The molecule has 0 saturated carbocycles. The number of likely N-dealkylation sites (tertiary alicyclic amines) is 1. The summed E-state index contributed by atoms with van der Waals surface area (Å²) in [6.45, 7) is 2.15. The molecule has 2 aromatic carbocycles. The lowest BCUT2D eigenvalue weighted by Crippen LogP contribution is -2.50. The third-order valence-electron chi connectivity index (χ3n) is 6.72. The fourth-order valence-corrected chi connectivity index (χ4v) is 7.92. The first-order chi connectivity index (χ1) is 17.2. The van der Waals surface area contributed by atoms with E-state index >= 15 is 0 Å². The summed E-state index contributed by atoms with van der Waals surface area (Å²) < 4.78 is 43.7. The van der Waals surface area contributed by atoms with E-state index in [0.29, 0.717) is 10.6 Å². The highest BCUT2D eigenvalue weighted by molar-refractivity contribution is 7.91. The molecule has 0 radical (unpaired) electrons. The number of hydrogen-bond donors (Lipinski definition) is 1. The van der Waals surface area contributed by atoms with Gasteiger partial charge in [0, 0.05) is 54.6 Å². The monoisotopic (exact) mass is 548 g/mol. The number of halogens is 2. The number of amidine groups is 1. The van der Waals surface area contributed by atoms with Gasteiger partial charge in [0.05, 0.1) is 5.56 Å². The highest BCUT2D eigenvalue weighted by Gasteiger charge is 2.32. The summed E-state index contributed by atoms with van der Waals surface area (Å²) in [5.74, 6) is -0.870. The minimum atomic E-state index is -3.72. The molecule has 11 heteroatoms. The molecular formula is C25H26ClFN4O3S2. The lowest BCUT2D eigenvalue weighted by Gasteiger charge is -2.34. The number of thiophene rings is 1. The molecule has 190 valence electrons. The Hall–Kier alpha value is -2.53. The van der Waals surface area contributed by atoms with Crippen LogP contribution in [0, 0.1) is 11.2 Å². The highest BCUT2D eigenvalue weighted by Crippen LogP contribution is 2.33. The molecular weight excluding hydrogens is 523 g/mol. The molecule has 2 aliphatic rings. The number of nitrogens with one attached hydrogen (secondary N) is 1. The Morgan fingerprint density at radius 3 is 2.33 bits per heavy atom. The van der Waals surface area contributed by atoms with Crippen molar-refractivity contribution in [2.45, 2.75) is 23.5 Å². The third kappa shape index (κ3) is 4.87. The number of carbonyl (C=O) groups is 1. The predicted molar refractivity (Wildman–Crippen MR) is 140 cm³/mol. The molecule has 36 heavy (non-hydrogen) atoms. The largest absolute Gasteiger partial charge is 0.357 e. The van der Waals surface area contributed by atoms with Gasteiger partial charge >= 0.3 is 0 Å². The number of sulfonamides is 1. The number of benzene rings is 2. The second kappa shape index (κ2) is 10.1. The van der Waals surface area contributed by atoms with E-state index < -0.39 is 21.7 Å². The lowest BCUT2D eigenvalue weighted by molar-refractivity contribution is 0.0693. The molecule has 0 unspecified atom stereocenters. The smallest absolute Gasteiger partial charge is 0.256 e. The number of amides is 1. The van der Waals surface area contributed by atoms with E-state index in [1.54, 1.807) is 30.3 Å². The molecule has 7 nitrogen and oxygen atoms in total. The molecule has 2 saturated heterocycles. The van der Waals surface area contributed by atoms with E-state index in [2.05, 4.69) is 0 Å². The summed E-state index contributed by atoms with van der Waals surface area (Å²) in [6, 6.07) is 11.2. The first kappa shape index (κ1) is 25.1. The van der Waals surface area contributed by atoms with Crippen LogP contribution in [0.15, 0.2) is 46.7 Å². The summed E-state index contributed by atoms with van der Waals surface area (Å²) in [7, 11) is -3.72. The van der Waals surface area contributed by atoms with Crippen molar-refractivity contribution in [1.82, 2.24) is 14.1 Å². The second-order valence-corrected chi connectivity index (χ2v) is 12.7. The fraction of sp³-hybridized carbons (Fsp3) is 0.360. The third-order valence-corrected chi connectivity index (χ3v) is 10.4. The Labute approximate surface area is 218 Å². The van der Waals surface area contributed by atoms with Gasteiger partial charge in [0.15, 0.2) is 0 Å². The maximum atomic E-state index is 14.9. The number of hydrogen-bond acceptors (Lipinski definition) is 5. The molecule has 2 fully saturated rings. The number of nitrogens with zero attached hydrogens (tertiary/aromatic N) is 3. The van der Waals surface area contributed by atoms with Gasteiger partial charge in [-0.1, -0.05) is 23.7 Å². The molecule has 0 aliphatic carbocycles. The van der Waals surface area contributed by atoms with Crippen molar-refractivity contribution < 1.29 is 17.6 Å². The van der Waals surface area contributed by atoms with Crippen LogP contribution in [0.4, 0.5) is 4.39 Å². The summed E-state index contributed by atoms with van der Waals surface area (Å²) in [4.78, 5) is 16.4. The quantitative estimate of drug-likeness (QED) is 0.380. The molecule has 0 atom stereocenters. The summed E-state index contributed by atoms with van der Waals surface area (Å²) in [5, 5.41) is 9.74. The average Bonchev–Trinajstić information content (AvgIpc) is 3.32. The van der Waals surface area contributed by atoms with Crippen molar-refractivity contribution in [1.29, 1.82) is 5.41 Å². The van der Waals surface area contributed by atoms with Crippen molar-refractivity contribution in [3.8, 4) is 0 Å². The van der Waals surface area contributed by atoms with Crippen molar-refractivity contribution in [3.63, 3.8) is 0 Å². The predicted octanol–water partition coefficient (Wildman–Crippen LogP) is 4.65. The normalized spacial score (nSPS) is 17.5. The maximum Gasteiger partial charge on any atom is 0.256 e. The van der Waals surface area contributed by atoms with Gasteiger partial charge in [-0.2, -0.15) is 4.31 Å². The zero-order valence-electron chi connectivity index (χ0n) is 19.5. The minimum Gasteiger partial charge on any atom is -0.357 e. The van der Waals surface area contributed by atoms with Crippen LogP contribution in [-0.4, -0.2) is 73.5 Å². The van der Waals surface area contributed by atoms with Crippen LogP contribution in [0.3, 0.4) is 0 Å². The number of piperidine rings is 1. The Morgan fingerprint density at radius 1 is 0.917 bits per heavy atom. The first-order valence-electron chi connectivity index (χ1n) is 11.9. The van der Waals surface area contributed by atoms with Gasteiger partial charge in [-0.25, -0.2) is 12.8 Å². The van der Waals surface area contributed by atoms with Crippen LogP contribution in [0.1, 0.15) is 35.2 Å². The van der Waals surface area contributed by atoms with Crippen LogP contribution in [0.25, 0.3) is 10.1 Å². The topological polar surface area (TPSA) is 84.8 Å². The van der Waals surface area contributed by atoms with Crippen molar-refractivity contribution in [2.75, 3.05) is 39.3 Å². The number of fused-ring (bicyclic) bond motifs is 1. The number of carbonyl (C=O) groups excluding carboxylic acids is 1. The maximum absolute atomic E-state index is 14.9. The van der Waals surface area contributed by atoms with Gasteiger partial charge in [0.1, 0.15) is 15.9 Å². The van der Waals surface area contributed by atoms with Crippen molar-refractivity contribution in [2.24, 2.45) is 0 Å². The molecule has 3 heterocycles. The van der Waals surface area contributed by atoms with E-state index in [9.17, 15) is 17.6 Å². The number of rotatable bonds is 4. The summed E-state index contributed by atoms with van der Waals surface area (Å²) in [6.07, 6.45) is 3.17. The second-order valence-electron chi connectivity index (χ2n) is 9.03. The van der Waals surface area contributed by atoms with Gasteiger partial charge < -0.3 is 9.80 Å². The zero-order chi connectivity index (χ0) is 25.4. The standard InChI is InChI=1S/C25H26ClFN4O3S2/c26-19-6-4-17-15-23(35-22(17)16-19)36(33,34)31-12-10-30(11-13-31)25(32)20-7-5-18(14-21(20)27)24(28)29-8-2-1-3-9-29/h4-7,14-16,28H,1-3,8-13H2. The summed E-state index contributed by atoms with van der Waals surface area (Å²) in [5.41, 5.74) is 0.384. The van der Waals surface area contributed by atoms with Crippen LogP contribution in [0.2, 0.25) is 5.02 Å². The molecule has 3 aromatic rings. The van der Waals surface area contributed by atoms with Crippen LogP contribution < -0.4 is 0 Å². The Bertz CT molecular complexity index is 1430. The van der Waals surface area contributed by atoms with Crippen molar-refractivity contribution in [3.05, 3.63) is 64.4 Å². The first-order valence-corrected chi connectivity index (χ1v) is 14.5. The summed E-state index contributed by atoms with van der Waals surface area (Å²) >= 11 is 7.19. The Morgan fingerprint density at radius 2 is 1.64 bits per heavy atom. The molecule has 1 aromatic heterocycles. The minimum absolute atomic E-state index is 0.0668. The van der Waals surface area contributed by atoms with E-state index in [-0.39, 0.29) is 41.8 Å². The SMILES string of the molecule is N=C(c1ccc(C(=O)N2CCN(S(=O)(=O)c3cc4ccc(Cl)cc4s3)CC2)c(F)c1)N1CCCCC1.